The number of likely N-dealkylation sites (tertiary alicyclic amines) is 2. The maximum Gasteiger partial charge on any atom is 0.193 e. The van der Waals surface area contributed by atoms with Crippen LogP contribution in [0.3, 0.4) is 0 Å². The predicted octanol–water partition coefficient (Wildman–Crippen LogP) is 3.48. The number of hydrogen-bond donors (Lipinski definition) is 1. The summed E-state index contributed by atoms with van der Waals surface area (Å²) in [7, 11) is 1.94. The highest BCUT2D eigenvalue weighted by Crippen LogP contribution is 2.45. The van der Waals surface area contributed by atoms with Crippen molar-refractivity contribution in [2.75, 3.05) is 39.8 Å². The third kappa shape index (κ3) is 4.44. The minimum absolute atomic E-state index is 0.627. The van der Waals surface area contributed by atoms with Crippen molar-refractivity contribution in [1.29, 1.82) is 0 Å². The maximum atomic E-state index is 4.55. The number of rotatable bonds is 5. The smallest absolute Gasteiger partial charge is 0.193 e. The first-order chi connectivity index (χ1) is 11.7. The third-order valence-electron chi connectivity index (χ3n) is 6.71. The number of guanidine groups is 1. The molecule has 1 unspecified atom stereocenters. The zero-order valence-electron chi connectivity index (χ0n) is 16.0. The zero-order chi connectivity index (χ0) is 16.8. The minimum Gasteiger partial charge on any atom is -0.356 e. The van der Waals surface area contributed by atoms with E-state index in [9.17, 15) is 0 Å². The van der Waals surface area contributed by atoms with Crippen molar-refractivity contribution < 1.29 is 0 Å². The Morgan fingerprint density at radius 2 is 1.92 bits per heavy atom. The van der Waals surface area contributed by atoms with E-state index in [2.05, 4.69) is 27.0 Å². The van der Waals surface area contributed by atoms with Crippen LogP contribution in [0, 0.1) is 5.41 Å². The molecule has 2 aliphatic heterocycles. The lowest BCUT2D eigenvalue weighted by atomic mass is 9.86. The van der Waals surface area contributed by atoms with Gasteiger partial charge in [0.15, 0.2) is 5.96 Å². The first kappa shape index (κ1) is 18.0. The van der Waals surface area contributed by atoms with E-state index < -0.39 is 0 Å². The maximum absolute atomic E-state index is 4.55. The number of aliphatic imine (C=N–C) groups is 1. The summed E-state index contributed by atoms with van der Waals surface area (Å²) in [5.41, 5.74) is 0.627. The van der Waals surface area contributed by atoms with E-state index in [-0.39, 0.29) is 0 Å². The Kier molecular flexibility index (Phi) is 6.43. The van der Waals surface area contributed by atoms with Gasteiger partial charge >= 0.3 is 0 Å². The van der Waals surface area contributed by atoms with Crippen molar-refractivity contribution in [3.05, 3.63) is 0 Å². The van der Waals surface area contributed by atoms with Crippen LogP contribution in [0.5, 0.6) is 0 Å². The molecule has 1 aliphatic carbocycles. The molecule has 24 heavy (non-hydrogen) atoms. The van der Waals surface area contributed by atoms with Gasteiger partial charge in [-0.3, -0.25) is 4.99 Å². The van der Waals surface area contributed by atoms with E-state index in [0.29, 0.717) is 5.41 Å². The Morgan fingerprint density at radius 1 is 1.08 bits per heavy atom. The second-order valence-electron chi connectivity index (χ2n) is 8.44. The summed E-state index contributed by atoms with van der Waals surface area (Å²) < 4.78 is 0. The molecule has 0 amide bonds. The van der Waals surface area contributed by atoms with Crippen molar-refractivity contribution in [2.45, 2.75) is 77.2 Å². The van der Waals surface area contributed by atoms with Gasteiger partial charge in [0.25, 0.3) is 0 Å². The number of unbranched alkanes of at least 4 members (excludes halogenated alkanes) is 1. The Balaban J connectivity index is 1.33. The van der Waals surface area contributed by atoms with E-state index in [0.717, 1.165) is 18.5 Å². The van der Waals surface area contributed by atoms with Gasteiger partial charge < -0.3 is 15.1 Å². The molecule has 3 aliphatic rings. The van der Waals surface area contributed by atoms with Crippen molar-refractivity contribution >= 4 is 5.96 Å². The quantitative estimate of drug-likeness (QED) is 0.474. The van der Waals surface area contributed by atoms with Crippen LogP contribution < -0.4 is 5.32 Å². The Morgan fingerprint density at radius 3 is 2.67 bits per heavy atom. The Bertz CT molecular complexity index is 414. The Labute approximate surface area is 149 Å². The fourth-order valence-corrected chi connectivity index (χ4v) is 5.11. The van der Waals surface area contributed by atoms with Crippen LogP contribution >= 0.6 is 0 Å². The van der Waals surface area contributed by atoms with Crippen LogP contribution in [0.1, 0.15) is 71.1 Å². The second-order valence-corrected chi connectivity index (χ2v) is 8.44. The molecule has 0 radical (unpaired) electrons. The molecule has 0 bridgehead atoms. The van der Waals surface area contributed by atoms with Gasteiger partial charge in [-0.25, -0.2) is 0 Å². The van der Waals surface area contributed by atoms with E-state index in [1.54, 1.807) is 0 Å². The predicted molar refractivity (Wildman–Crippen MR) is 103 cm³/mol. The fourth-order valence-electron chi connectivity index (χ4n) is 5.11. The molecule has 2 heterocycles. The van der Waals surface area contributed by atoms with Crippen molar-refractivity contribution in [1.82, 2.24) is 15.1 Å². The van der Waals surface area contributed by atoms with Crippen LogP contribution in [0.2, 0.25) is 0 Å². The van der Waals surface area contributed by atoms with Crippen molar-refractivity contribution in [3.8, 4) is 0 Å². The lowest BCUT2D eigenvalue weighted by Gasteiger charge is -2.33. The van der Waals surface area contributed by atoms with Gasteiger partial charge in [-0.05, 0) is 70.4 Å². The standard InChI is InChI=1S/C20H38N4/c1-18-9-3-7-14-23(18)15-8-6-13-22-19(21-2)24-16-12-20(17-24)10-4-5-11-20/h18H,3-17H2,1-2H3,(H,21,22). The number of nitrogens with one attached hydrogen (secondary N) is 1. The molecule has 0 aromatic carbocycles. The van der Waals surface area contributed by atoms with Crippen LogP contribution in [-0.4, -0.2) is 61.6 Å². The summed E-state index contributed by atoms with van der Waals surface area (Å²) in [6.07, 6.45) is 13.9. The molecule has 1 atom stereocenters. The van der Waals surface area contributed by atoms with Crippen LogP contribution in [0.15, 0.2) is 4.99 Å². The first-order valence-corrected chi connectivity index (χ1v) is 10.4. The highest BCUT2D eigenvalue weighted by Gasteiger charge is 2.40. The van der Waals surface area contributed by atoms with Crippen LogP contribution in [0.25, 0.3) is 0 Å². The van der Waals surface area contributed by atoms with E-state index >= 15 is 0 Å². The monoisotopic (exact) mass is 334 g/mol. The molecule has 1 N–H and O–H groups in total. The molecular weight excluding hydrogens is 296 g/mol. The molecule has 1 saturated carbocycles. The average molecular weight is 335 g/mol. The Hall–Kier alpha value is -0.770. The SMILES string of the molecule is CN=C(NCCCCN1CCCCC1C)N1CCC2(CCCC2)C1. The normalized spacial score (nSPS) is 28.0. The summed E-state index contributed by atoms with van der Waals surface area (Å²) in [5.74, 6) is 1.14. The highest BCUT2D eigenvalue weighted by molar-refractivity contribution is 5.80. The van der Waals surface area contributed by atoms with Crippen LogP contribution in [-0.2, 0) is 0 Å². The summed E-state index contributed by atoms with van der Waals surface area (Å²) in [4.78, 5) is 9.74. The molecule has 0 aromatic rings. The number of piperidine rings is 1. The summed E-state index contributed by atoms with van der Waals surface area (Å²) in [6, 6.07) is 0.798. The van der Waals surface area contributed by atoms with E-state index in [1.165, 1.54) is 90.4 Å². The lowest BCUT2D eigenvalue weighted by Crippen LogP contribution is -2.41. The van der Waals surface area contributed by atoms with E-state index in [1.807, 2.05) is 7.05 Å². The molecule has 4 nitrogen and oxygen atoms in total. The molecule has 0 aromatic heterocycles. The molecule has 1 spiro atoms. The summed E-state index contributed by atoms with van der Waals surface area (Å²) in [6.45, 7) is 8.48. The van der Waals surface area contributed by atoms with Gasteiger partial charge in [0.1, 0.15) is 0 Å². The van der Waals surface area contributed by atoms with Gasteiger partial charge in [-0.2, -0.15) is 0 Å². The van der Waals surface area contributed by atoms with Crippen molar-refractivity contribution in [3.63, 3.8) is 0 Å². The van der Waals surface area contributed by atoms with Crippen LogP contribution in [0.4, 0.5) is 0 Å². The molecular formula is C20H38N4. The van der Waals surface area contributed by atoms with Gasteiger partial charge in [-0.15, -0.1) is 0 Å². The second kappa shape index (κ2) is 8.55. The molecule has 4 heteroatoms. The van der Waals surface area contributed by atoms with Crippen molar-refractivity contribution in [2.24, 2.45) is 10.4 Å². The highest BCUT2D eigenvalue weighted by atomic mass is 15.3. The molecule has 3 rings (SSSR count). The van der Waals surface area contributed by atoms with Gasteiger partial charge in [0.05, 0.1) is 0 Å². The fraction of sp³-hybridized carbons (Fsp3) is 0.950. The molecule has 138 valence electrons. The minimum atomic E-state index is 0.627. The van der Waals surface area contributed by atoms with E-state index in [4.69, 9.17) is 0 Å². The van der Waals surface area contributed by atoms with Gasteiger partial charge in [0, 0.05) is 32.7 Å². The average Bonchev–Trinajstić information content (AvgIpc) is 3.23. The lowest BCUT2D eigenvalue weighted by molar-refractivity contribution is 0.158. The summed E-state index contributed by atoms with van der Waals surface area (Å²) >= 11 is 0. The first-order valence-electron chi connectivity index (χ1n) is 10.4. The molecule has 3 fully saturated rings. The summed E-state index contributed by atoms with van der Waals surface area (Å²) in [5, 5.41) is 3.62. The number of nitrogens with zero attached hydrogens (tertiary/aromatic N) is 3. The zero-order valence-corrected chi connectivity index (χ0v) is 16.0. The number of hydrogen-bond acceptors (Lipinski definition) is 2. The topological polar surface area (TPSA) is 30.9 Å². The molecule has 2 saturated heterocycles. The van der Waals surface area contributed by atoms with Gasteiger partial charge in [-0.1, -0.05) is 19.3 Å². The largest absolute Gasteiger partial charge is 0.356 e. The third-order valence-corrected chi connectivity index (χ3v) is 6.71. The van der Waals surface area contributed by atoms with Gasteiger partial charge in [0.2, 0.25) is 0 Å².